The standard InChI is InChI=1S/C15H22N4O/c1-10-14(11(2)18-17-10)13-9-12(5-6-16-13)15(20)19-7-3-4-8-19/h5-6,9-11,14,17-18H,3-4,7-8H2,1-2H3. The van der Waals surface area contributed by atoms with Crippen LogP contribution in [0.3, 0.4) is 0 Å². The molecule has 1 aromatic heterocycles. The lowest BCUT2D eigenvalue weighted by Gasteiger charge is -2.19. The fraction of sp³-hybridized carbons (Fsp3) is 0.600. The SMILES string of the molecule is CC1NNC(C)C1c1cc(C(=O)N2CCCC2)ccn1. The Kier molecular flexibility index (Phi) is 3.72. The van der Waals surface area contributed by atoms with E-state index in [-0.39, 0.29) is 5.91 Å². The van der Waals surface area contributed by atoms with Crippen molar-refractivity contribution >= 4 is 5.91 Å². The molecule has 5 nitrogen and oxygen atoms in total. The fourth-order valence-electron chi connectivity index (χ4n) is 3.25. The molecular formula is C15H22N4O. The molecule has 0 aromatic carbocycles. The van der Waals surface area contributed by atoms with E-state index in [1.807, 2.05) is 17.0 Å². The summed E-state index contributed by atoms with van der Waals surface area (Å²) >= 11 is 0. The Morgan fingerprint density at radius 2 is 1.90 bits per heavy atom. The first-order chi connectivity index (χ1) is 9.66. The Bertz CT molecular complexity index is 488. The number of aromatic nitrogens is 1. The predicted molar refractivity (Wildman–Crippen MR) is 77.3 cm³/mol. The van der Waals surface area contributed by atoms with Gasteiger partial charge in [0.15, 0.2) is 0 Å². The Hall–Kier alpha value is -1.46. The molecule has 1 amide bonds. The van der Waals surface area contributed by atoms with Crippen LogP contribution in [0, 0.1) is 0 Å². The average molecular weight is 274 g/mol. The summed E-state index contributed by atoms with van der Waals surface area (Å²) in [7, 11) is 0. The second-order valence-corrected chi connectivity index (χ2v) is 5.86. The molecule has 0 saturated carbocycles. The highest BCUT2D eigenvalue weighted by molar-refractivity contribution is 5.94. The summed E-state index contributed by atoms with van der Waals surface area (Å²) in [4.78, 5) is 18.9. The highest BCUT2D eigenvalue weighted by atomic mass is 16.2. The van der Waals surface area contributed by atoms with E-state index in [1.54, 1.807) is 6.20 Å². The zero-order valence-corrected chi connectivity index (χ0v) is 12.1. The lowest BCUT2D eigenvalue weighted by Crippen LogP contribution is -2.30. The molecule has 2 fully saturated rings. The van der Waals surface area contributed by atoms with Gasteiger partial charge in [0.25, 0.3) is 5.91 Å². The van der Waals surface area contributed by atoms with Gasteiger partial charge in [-0.25, -0.2) is 0 Å². The fourth-order valence-corrected chi connectivity index (χ4v) is 3.25. The summed E-state index contributed by atoms with van der Waals surface area (Å²) in [6, 6.07) is 4.42. The number of hydrazine groups is 1. The molecule has 0 aliphatic carbocycles. The Balaban J connectivity index is 1.84. The summed E-state index contributed by atoms with van der Waals surface area (Å²) in [6.07, 6.45) is 4.00. The van der Waals surface area contributed by atoms with Gasteiger partial charge in [-0.05, 0) is 38.8 Å². The second kappa shape index (κ2) is 5.50. The maximum atomic E-state index is 12.4. The van der Waals surface area contributed by atoms with Crippen LogP contribution in [0.2, 0.25) is 0 Å². The number of hydrogen-bond acceptors (Lipinski definition) is 4. The number of likely N-dealkylation sites (tertiary alicyclic amines) is 1. The van der Waals surface area contributed by atoms with Crippen molar-refractivity contribution in [1.29, 1.82) is 0 Å². The summed E-state index contributed by atoms with van der Waals surface area (Å²) in [6.45, 7) is 6.04. The van der Waals surface area contributed by atoms with Crippen molar-refractivity contribution < 1.29 is 4.79 Å². The van der Waals surface area contributed by atoms with Gasteiger partial charge in [-0.15, -0.1) is 0 Å². The molecular weight excluding hydrogens is 252 g/mol. The molecule has 2 atom stereocenters. The third-order valence-corrected chi connectivity index (χ3v) is 4.38. The molecule has 3 heterocycles. The summed E-state index contributed by atoms with van der Waals surface area (Å²) in [5.41, 5.74) is 8.23. The van der Waals surface area contributed by atoms with Gasteiger partial charge in [-0.2, -0.15) is 0 Å². The van der Waals surface area contributed by atoms with Crippen molar-refractivity contribution in [2.75, 3.05) is 13.1 Å². The minimum absolute atomic E-state index is 0.144. The van der Waals surface area contributed by atoms with Crippen LogP contribution in [0.25, 0.3) is 0 Å². The molecule has 2 aliphatic rings. The van der Waals surface area contributed by atoms with Gasteiger partial charge in [0.05, 0.1) is 0 Å². The minimum Gasteiger partial charge on any atom is -0.339 e. The molecule has 2 saturated heterocycles. The van der Waals surface area contributed by atoms with Crippen molar-refractivity contribution in [1.82, 2.24) is 20.7 Å². The Morgan fingerprint density at radius 1 is 1.25 bits per heavy atom. The first-order valence-corrected chi connectivity index (χ1v) is 7.43. The molecule has 20 heavy (non-hydrogen) atoms. The van der Waals surface area contributed by atoms with Gasteiger partial charge in [0, 0.05) is 48.5 Å². The molecule has 3 rings (SSSR count). The normalized spacial score (nSPS) is 29.9. The quantitative estimate of drug-likeness (QED) is 0.853. The van der Waals surface area contributed by atoms with Crippen LogP contribution < -0.4 is 10.9 Å². The van der Waals surface area contributed by atoms with Gasteiger partial charge in [0.1, 0.15) is 0 Å². The van der Waals surface area contributed by atoms with Crippen molar-refractivity contribution in [3.05, 3.63) is 29.6 Å². The Morgan fingerprint density at radius 3 is 2.55 bits per heavy atom. The number of carbonyl (C=O) groups is 1. The van der Waals surface area contributed by atoms with E-state index < -0.39 is 0 Å². The van der Waals surface area contributed by atoms with E-state index in [0.717, 1.165) is 37.2 Å². The van der Waals surface area contributed by atoms with Gasteiger partial charge >= 0.3 is 0 Å². The molecule has 0 radical (unpaired) electrons. The van der Waals surface area contributed by atoms with Gasteiger partial charge in [-0.1, -0.05) is 0 Å². The van der Waals surface area contributed by atoms with Crippen LogP contribution in [0.1, 0.15) is 48.7 Å². The van der Waals surface area contributed by atoms with Crippen molar-refractivity contribution in [3.8, 4) is 0 Å². The number of hydrogen-bond donors (Lipinski definition) is 2. The first-order valence-electron chi connectivity index (χ1n) is 7.43. The maximum Gasteiger partial charge on any atom is 0.253 e. The average Bonchev–Trinajstić information content (AvgIpc) is 3.09. The maximum absolute atomic E-state index is 12.4. The molecule has 0 spiro atoms. The van der Waals surface area contributed by atoms with Gasteiger partial charge < -0.3 is 4.90 Å². The molecule has 0 bridgehead atoms. The predicted octanol–water partition coefficient (Wildman–Crippen LogP) is 1.29. The monoisotopic (exact) mass is 274 g/mol. The van der Waals surface area contributed by atoms with E-state index in [4.69, 9.17) is 0 Å². The molecule has 2 N–H and O–H groups in total. The summed E-state index contributed by atoms with van der Waals surface area (Å²) < 4.78 is 0. The van der Waals surface area contributed by atoms with Crippen LogP contribution in [-0.2, 0) is 0 Å². The zero-order valence-electron chi connectivity index (χ0n) is 12.1. The van der Waals surface area contributed by atoms with Crippen LogP contribution in [-0.4, -0.2) is 41.0 Å². The molecule has 5 heteroatoms. The number of nitrogens with zero attached hydrogens (tertiary/aromatic N) is 2. The lowest BCUT2D eigenvalue weighted by atomic mass is 9.92. The summed E-state index contributed by atoms with van der Waals surface area (Å²) in [5.74, 6) is 0.437. The lowest BCUT2D eigenvalue weighted by molar-refractivity contribution is 0.0792. The van der Waals surface area contributed by atoms with E-state index in [2.05, 4.69) is 29.7 Å². The van der Waals surface area contributed by atoms with Crippen molar-refractivity contribution in [3.63, 3.8) is 0 Å². The third-order valence-electron chi connectivity index (χ3n) is 4.38. The number of rotatable bonds is 2. The third kappa shape index (κ3) is 2.43. The van der Waals surface area contributed by atoms with Gasteiger partial charge in [0.2, 0.25) is 0 Å². The van der Waals surface area contributed by atoms with E-state index in [0.29, 0.717) is 18.0 Å². The zero-order chi connectivity index (χ0) is 14.1. The van der Waals surface area contributed by atoms with Crippen molar-refractivity contribution in [2.45, 2.75) is 44.7 Å². The number of pyridine rings is 1. The first kappa shape index (κ1) is 13.5. The number of amides is 1. The molecule has 2 aliphatic heterocycles. The van der Waals surface area contributed by atoms with E-state index in [1.165, 1.54) is 0 Å². The molecule has 2 unspecified atom stereocenters. The van der Waals surface area contributed by atoms with Crippen LogP contribution in [0.5, 0.6) is 0 Å². The van der Waals surface area contributed by atoms with E-state index >= 15 is 0 Å². The molecule has 108 valence electrons. The smallest absolute Gasteiger partial charge is 0.253 e. The number of nitrogens with one attached hydrogen (secondary N) is 2. The number of carbonyl (C=O) groups excluding carboxylic acids is 1. The van der Waals surface area contributed by atoms with E-state index in [9.17, 15) is 4.79 Å². The largest absolute Gasteiger partial charge is 0.339 e. The highest BCUT2D eigenvalue weighted by Gasteiger charge is 2.32. The summed E-state index contributed by atoms with van der Waals surface area (Å²) in [5, 5.41) is 0. The van der Waals surface area contributed by atoms with Crippen LogP contribution in [0.4, 0.5) is 0 Å². The van der Waals surface area contributed by atoms with Crippen molar-refractivity contribution in [2.24, 2.45) is 0 Å². The van der Waals surface area contributed by atoms with Crippen LogP contribution >= 0.6 is 0 Å². The highest BCUT2D eigenvalue weighted by Crippen LogP contribution is 2.26. The second-order valence-electron chi connectivity index (χ2n) is 5.86. The minimum atomic E-state index is 0.144. The molecule has 1 aromatic rings. The van der Waals surface area contributed by atoms with Crippen LogP contribution in [0.15, 0.2) is 18.3 Å². The topological polar surface area (TPSA) is 57.3 Å². The van der Waals surface area contributed by atoms with Gasteiger partial charge in [-0.3, -0.25) is 20.6 Å². The Labute approximate surface area is 119 Å².